The smallest absolute Gasteiger partial charge is 0.179 e. The van der Waals surface area contributed by atoms with E-state index in [0.717, 1.165) is 37.7 Å². The fourth-order valence-electron chi connectivity index (χ4n) is 1.65. The lowest BCUT2D eigenvalue weighted by atomic mass is 10.0. The van der Waals surface area contributed by atoms with Crippen LogP contribution in [-0.2, 0) is 6.42 Å². The quantitative estimate of drug-likeness (QED) is 0.908. The Balaban J connectivity index is 2.26. The van der Waals surface area contributed by atoms with Crippen LogP contribution in [0.25, 0.3) is 0 Å². The molecule has 19 heavy (non-hydrogen) atoms. The third-order valence-corrected chi connectivity index (χ3v) is 5.12. The zero-order chi connectivity index (χ0) is 13.8. The molecule has 0 bridgehead atoms. The molecule has 0 aliphatic heterocycles. The Hall–Kier alpha value is -0.620. The highest BCUT2D eigenvalue weighted by Crippen LogP contribution is 2.35. The van der Waals surface area contributed by atoms with Crippen molar-refractivity contribution in [1.82, 2.24) is 10.2 Å². The number of hydrogen-bond acceptors (Lipinski definition) is 5. The van der Waals surface area contributed by atoms with Crippen molar-refractivity contribution in [3.05, 3.63) is 33.8 Å². The molecule has 1 aromatic heterocycles. The first-order valence-electron chi connectivity index (χ1n) is 6.11. The molecule has 0 spiro atoms. The lowest BCUT2D eigenvalue weighted by Gasteiger charge is -2.13. The summed E-state index contributed by atoms with van der Waals surface area (Å²) in [6, 6.07) is 6.06. The number of aryl methyl sites for hydroxylation is 1. The van der Waals surface area contributed by atoms with Gasteiger partial charge in [0.05, 0.1) is 0 Å². The summed E-state index contributed by atoms with van der Waals surface area (Å²) in [7, 11) is 0. The molecule has 1 unspecified atom stereocenters. The maximum atomic E-state index is 6.30. The van der Waals surface area contributed by atoms with Gasteiger partial charge in [-0.15, -0.1) is 10.2 Å². The second-order valence-electron chi connectivity index (χ2n) is 4.28. The van der Waals surface area contributed by atoms with Gasteiger partial charge in [0.2, 0.25) is 0 Å². The van der Waals surface area contributed by atoms with Crippen LogP contribution in [0.2, 0.25) is 5.02 Å². The highest BCUT2D eigenvalue weighted by atomic mass is 35.5. The summed E-state index contributed by atoms with van der Waals surface area (Å²) < 4.78 is 0.936. The normalized spacial score (nSPS) is 12.6. The zero-order valence-electron chi connectivity index (χ0n) is 10.9. The van der Waals surface area contributed by atoms with Crippen molar-refractivity contribution in [3.63, 3.8) is 0 Å². The van der Waals surface area contributed by atoms with E-state index < -0.39 is 0 Å². The van der Waals surface area contributed by atoms with Crippen LogP contribution >= 0.6 is 34.7 Å². The number of rotatable bonds is 5. The molecule has 0 saturated heterocycles. The Morgan fingerprint density at radius 2 is 2.21 bits per heavy atom. The lowest BCUT2D eigenvalue weighted by Crippen LogP contribution is -2.21. The van der Waals surface area contributed by atoms with Crippen molar-refractivity contribution in [1.29, 1.82) is 0 Å². The minimum atomic E-state index is 0.135. The lowest BCUT2D eigenvalue weighted by molar-refractivity contribution is 0.641. The molecule has 1 heterocycles. The Bertz CT molecular complexity index is 557. The van der Waals surface area contributed by atoms with Crippen molar-refractivity contribution in [3.8, 4) is 0 Å². The van der Waals surface area contributed by atoms with Crippen LogP contribution in [0.15, 0.2) is 27.4 Å². The van der Waals surface area contributed by atoms with Crippen LogP contribution < -0.4 is 5.73 Å². The Morgan fingerprint density at radius 1 is 1.42 bits per heavy atom. The number of nitrogens with zero attached hydrogens (tertiary/aromatic N) is 2. The first kappa shape index (κ1) is 14.8. The van der Waals surface area contributed by atoms with Crippen molar-refractivity contribution in [2.45, 2.75) is 42.0 Å². The number of nitrogens with two attached hydrogens (primary N) is 1. The van der Waals surface area contributed by atoms with Gasteiger partial charge < -0.3 is 5.73 Å². The van der Waals surface area contributed by atoms with Crippen LogP contribution in [0, 0.1) is 6.92 Å². The van der Waals surface area contributed by atoms with E-state index in [9.17, 15) is 0 Å². The van der Waals surface area contributed by atoms with Gasteiger partial charge in [-0.1, -0.05) is 47.7 Å². The summed E-state index contributed by atoms with van der Waals surface area (Å²) in [5.74, 6) is 0. The predicted octanol–water partition coefficient (Wildman–Crippen LogP) is 3.93. The Kier molecular flexibility index (Phi) is 5.21. The highest BCUT2D eigenvalue weighted by molar-refractivity contribution is 8.01. The Labute approximate surface area is 126 Å². The topological polar surface area (TPSA) is 51.8 Å². The summed E-state index contributed by atoms with van der Waals surface area (Å²) in [4.78, 5) is 1.12. The summed E-state index contributed by atoms with van der Waals surface area (Å²) in [5.41, 5.74) is 7.15. The first-order chi connectivity index (χ1) is 9.10. The molecule has 3 nitrogen and oxygen atoms in total. The third kappa shape index (κ3) is 3.92. The molecule has 1 atom stereocenters. The van der Waals surface area contributed by atoms with Gasteiger partial charge in [-0.05, 0) is 37.5 Å². The average Bonchev–Trinajstić information content (AvgIpc) is 2.79. The summed E-state index contributed by atoms with van der Waals surface area (Å²) >= 11 is 9.50. The standard InChI is InChI=1S/C13H16ClN3S2/c1-3-9(15)7-10-11(14)5-4-6-12(10)19-13-17-16-8(2)18-13/h4-6,9H,3,7,15H2,1-2H3. The monoisotopic (exact) mass is 313 g/mol. The third-order valence-electron chi connectivity index (χ3n) is 2.77. The molecular formula is C13H16ClN3S2. The molecule has 0 aliphatic rings. The second kappa shape index (κ2) is 6.70. The average molecular weight is 314 g/mol. The van der Waals surface area contributed by atoms with Crippen LogP contribution in [0.3, 0.4) is 0 Å². The van der Waals surface area contributed by atoms with Gasteiger partial charge in [0.25, 0.3) is 0 Å². The molecule has 0 saturated carbocycles. The van der Waals surface area contributed by atoms with E-state index in [1.54, 1.807) is 23.1 Å². The van der Waals surface area contributed by atoms with Gasteiger partial charge in [-0.3, -0.25) is 0 Å². The molecule has 1 aromatic carbocycles. The molecule has 2 rings (SSSR count). The minimum absolute atomic E-state index is 0.135. The number of hydrogen-bond donors (Lipinski definition) is 1. The predicted molar refractivity (Wildman–Crippen MR) is 82.2 cm³/mol. The van der Waals surface area contributed by atoms with E-state index in [-0.39, 0.29) is 6.04 Å². The van der Waals surface area contributed by atoms with Crippen LogP contribution in [-0.4, -0.2) is 16.2 Å². The van der Waals surface area contributed by atoms with E-state index >= 15 is 0 Å². The molecule has 0 amide bonds. The maximum absolute atomic E-state index is 6.30. The zero-order valence-corrected chi connectivity index (χ0v) is 13.3. The van der Waals surface area contributed by atoms with Crippen molar-refractivity contribution >= 4 is 34.7 Å². The number of halogens is 1. The molecule has 2 aromatic rings. The first-order valence-corrected chi connectivity index (χ1v) is 8.12. The fourth-order valence-corrected chi connectivity index (χ4v) is 3.91. The van der Waals surface area contributed by atoms with E-state index in [0.29, 0.717) is 0 Å². The molecule has 0 radical (unpaired) electrons. The van der Waals surface area contributed by atoms with E-state index in [1.165, 1.54) is 0 Å². The van der Waals surface area contributed by atoms with E-state index in [1.807, 2.05) is 19.1 Å². The van der Waals surface area contributed by atoms with Gasteiger partial charge >= 0.3 is 0 Å². The van der Waals surface area contributed by atoms with Gasteiger partial charge in [-0.2, -0.15) is 0 Å². The molecule has 2 N–H and O–H groups in total. The fraction of sp³-hybridized carbons (Fsp3) is 0.385. The summed E-state index contributed by atoms with van der Waals surface area (Å²) in [6.07, 6.45) is 1.73. The van der Waals surface area contributed by atoms with E-state index in [2.05, 4.69) is 23.2 Å². The Morgan fingerprint density at radius 3 is 2.84 bits per heavy atom. The molecule has 6 heteroatoms. The van der Waals surface area contributed by atoms with Gasteiger partial charge in [-0.25, -0.2) is 0 Å². The van der Waals surface area contributed by atoms with Gasteiger partial charge in [0, 0.05) is 16.0 Å². The molecule has 0 fully saturated rings. The van der Waals surface area contributed by atoms with Gasteiger partial charge in [0.1, 0.15) is 5.01 Å². The van der Waals surface area contributed by atoms with Crippen LogP contribution in [0.5, 0.6) is 0 Å². The summed E-state index contributed by atoms with van der Waals surface area (Å²) in [6.45, 7) is 4.04. The number of benzene rings is 1. The molecular weight excluding hydrogens is 298 g/mol. The second-order valence-corrected chi connectivity index (χ2v) is 7.16. The van der Waals surface area contributed by atoms with E-state index in [4.69, 9.17) is 17.3 Å². The van der Waals surface area contributed by atoms with Crippen molar-refractivity contribution in [2.24, 2.45) is 5.73 Å². The largest absolute Gasteiger partial charge is 0.327 e. The SMILES string of the molecule is CCC(N)Cc1c(Cl)cccc1Sc1nnc(C)s1. The highest BCUT2D eigenvalue weighted by Gasteiger charge is 2.13. The number of aromatic nitrogens is 2. The summed E-state index contributed by atoms with van der Waals surface area (Å²) in [5, 5.41) is 9.91. The van der Waals surface area contributed by atoms with Crippen LogP contribution in [0.1, 0.15) is 23.9 Å². The van der Waals surface area contributed by atoms with Crippen molar-refractivity contribution in [2.75, 3.05) is 0 Å². The van der Waals surface area contributed by atoms with Gasteiger partial charge in [0.15, 0.2) is 4.34 Å². The van der Waals surface area contributed by atoms with Crippen molar-refractivity contribution < 1.29 is 0 Å². The molecule has 102 valence electrons. The minimum Gasteiger partial charge on any atom is -0.327 e. The van der Waals surface area contributed by atoms with Crippen LogP contribution in [0.4, 0.5) is 0 Å². The molecule has 0 aliphatic carbocycles. The maximum Gasteiger partial charge on any atom is 0.179 e.